The Labute approximate surface area is 214 Å². The molecule has 1 aromatic heterocycles. The number of ether oxygens (including phenoxy) is 1. The number of benzene rings is 1. The van der Waals surface area contributed by atoms with Crippen LogP contribution in [-0.2, 0) is 28.9 Å². The Morgan fingerprint density at radius 2 is 1.33 bits per heavy atom. The number of nitrogens with zero attached hydrogens (tertiary/aromatic N) is 3. The highest BCUT2D eigenvalue weighted by molar-refractivity contribution is 6.05. The number of carbonyl (C=O) groups is 3. The van der Waals surface area contributed by atoms with Crippen LogP contribution in [0.3, 0.4) is 0 Å². The Kier molecular flexibility index (Phi) is 13.5. The van der Waals surface area contributed by atoms with E-state index in [4.69, 9.17) is 4.74 Å². The largest absolute Gasteiger partial charge is 0.478 e. The molecule has 1 N–H and O–H groups in total. The second kappa shape index (κ2) is 16.6. The Balaban J connectivity index is 2.16. The number of rotatable bonds is 18. The number of carboxylic acid groups (broad SMARTS) is 1. The lowest BCUT2D eigenvalue weighted by Crippen LogP contribution is -2.21. The first kappa shape index (κ1) is 29.2. The van der Waals surface area contributed by atoms with Gasteiger partial charge in [-0.1, -0.05) is 83.3 Å². The second-order valence-electron chi connectivity index (χ2n) is 9.37. The molecular weight excluding hydrogens is 458 g/mol. The molecule has 0 fully saturated rings. The van der Waals surface area contributed by atoms with E-state index in [-0.39, 0.29) is 17.7 Å². The third kappa shape index (κ3) is 10.3. The van der Waals surface area contributed by atoms with Crippen LogP contribution < -0.4 is 0 Å². The van der Waals surface area contributed by atoms with Gasteiger partial charge in [0, 0.05) is 6.20 Å². The van der Waals surface area contributed by atoms with Gasteiger partial charge in [0.05, 0.1) is 17.3 Å². The van der Waals surface area contributed by atoms with E-state index < -0.39 is 17.9 Å². The fourth-order valence-electron chi connectivity index (χ4n) is 4.33. The van der Waals surface area contributed by atoms with Crippen molar-refractivity contribution < 1.29 is 24.2 Å². The van der Waals surface area contributed by atoms with Crippen LogP contribution >= 0.6 is 0 Å². The third-order valence-electron chi connectivity index (χ3n) is 6.36. The van der Waals surface area contributed by atoms with Crippen LogP contribution in [0.2, 0.25) is 0 Å². The van der Waals surface area contributed by atoms with Gasteiger partial charge >= 0.3 is 17.9 Å². The van der Waals surface area contributed by atoms with Gasteiger partial charge in [-0.3, -0.25) is 0 Å². The molecule has 0 amide bonds. The van der Waals surface area contributed by atoms with Crippen LogP contribution in [0.4, 0.5) is 0 Å². The minimum Gasteiger partial charge on any atom is -0.478 e. The number of unbranched alkanes of at least 4 members (excludes halogenated alkanes) is 10. The zero-order chi connectivity index (χ0) is 26.2. The van der Waals surface area contributed by atoms with Crippen molar-refractivity contribution in [1.82, 2.24) is 15.0 Å². The Morgan fingerprint density at radius 3 is 1.83 bits per heavy atom. The number of aromatic nitrogens is 3. The van der Waals surface area contributed by atoms with Gasteiger partial charge in [0.1, 0.15) is 6.54 Å². The van der Waals surface area contributed by atoms with Gasteiger partial charge in [-0.25, -0.2) is 19.1 Å². The van der Waals surface area contributed by atoms with Gasteiger partial charge < -0.3 is 9.84 Å². The van der Waals surface area contributed by atoms with Crippen molar-refractivity contribution in [2.75, 3.05) is 0 Å². The number of hydrogen-bond acceptors (Lipinski definition) is 6. The molecule has 36 heavy (non-hydrogen) atoms. The lowest BCUT2D eigenvalue weighted by molar-refractivity contribution is -0.138. The summed E-state index contributed by atoms with van der Waals surface area (Å²) in [5.74, 6) is -2.98. The minimum absolute atomic E-state index is 0.0814. The molecule has 0 unspecified atom stereocenters. The quantitative estimate of drug-likeness (QED) is 0.148. The first-order valence-corrected chi connectivity index (χ1v) is 13.4. The average molecular weight is 500 g/mol. The molecule has 1 aromatic carbocycles. The zero-order valence-electron chi connectivity index (χ0n) is 21.8. The first-order valence-electron chi connectivity index (χ1n) is 13.4. The number of hydrogen-bond donors (Lipinski definition) is 1. The third-order valence-corrected chi connectivity index (χ3v) is 6.36. The number of aromatic carboxylic acids is 1. The zero-order valence-corrected chi connectivity index (χ0v) is 21.8. The summed E-state index contributed by atoms with van der Waals surface area (Å²) >= 11 is 0. The Bertz CT molecular complexity index is 956. The van der Waals surface area contributed by atoms with Crippen LogP contribution in [0.1, 0.15) is 123 Å². The number of carbonyl (C=O) groups excluding carboxylic acids is 2. The molecule has 8 nitrogen and oxygen atoms in total. The van der Waals surface area contributed by atoms with Crippen molar-refractivity contribution in [3.8, 4) is 0 Å². The molecule has 0 saturated carbocycles. The van der Waals surface area contributed by atoms with E-state index >= 15 is 0 Å². The standard InChI is InChI=1S/C28H41N3O5/c1-3-5-7-9-11-13-15-22-19-24(27(33)34)25(20-23(22)16-14-12-10-8-6-4-2)28(35)36-26(32)21-31-18-17-29-30-31/h17-20H,3-16,21H2,1-2H3,(H,33,34). The molecule has 1 heterocycles. The fourth-order valence-corrected chi connectivity index (χ4v) is 4.33. The summed E-state index contributed by atoms with van der Waals surface area (Å²) in [5, 5.41) is 17.1. The first-order chi connectivity index (χ1) is 17.5. The van der Waals surface area contributed by atoms with E-state index in [9.17, 15) is 19.5 Å². The predicted molar refractivity (Wildman–Crippen MR) is 138 cm³/mol. The summed E-state index contributed by atoms with van der Waals surface area (Å²) in [6.07, 6.45) is 18.2. The van der Waals surface area contributed by atoms with Crippen molar-refractivity contribution >= 4 is 17.9 Å². The van der Waals surface area contributed by atoms with Crippen molar-refractivity contribution in [2.45, 2.75) is 110 Å². The fraction of sp³-hybridized carbons (Fsp3) is 0.607. The molecule has 2 rings (SSSR count). The summed E-state index contributed by atoms with van der Waals surface area (Å²) in [5.41, 5.74) is 1.74. The monoisotopic (exact) mass is 499 g/mol. The average Bonchev–Trinajstić information content (AvgIpc) is 3.36. The molecule has 0 radical (unpaired) electrons. The molecule has 0 aliphatic carbocycles. The Hall–Kier alpha value is -3.03. The smallest absolute Gasteiger partial charge is 0.346 e. The number of carboxylic acids is 1. The number of aryl methyl sites for hydroxylation is 2. The molecule has 0 saturated heterocycles. The topological polar surface area (TPSA) is 111 Å². The van der Waals surface area contributed by atoms with Gasteiger partial charge in [-0.15, -0.1) is 5.10 Å². The summed E-state index contributed by atoms with van der Waals surface area (Å²) in [4.78, 5) is 37.0. The lowest BCUT2D eigenvalue weighted by Gasteiger charge is -2.15. The van der Waals surface area contributed by atoms with E-state index in [0.29, 0.717) is 0 Å². The van der Waals surface area contributed by atoms with Gasteiger partial charge in [0.25, 0.3) is 0 Å². The molecule has 0 aliphatic rings. The van der Waals surface area contributed by atoms with E-state index in [0.717, 1.165) is 49.7 Å². The van der Waals surface area contributed by atoms with Gasteiger partial charge in [0.15, 0.2) is 0 Å². The van der Waals surface area contributed by atoms with Crippen molar-refractivity contribution in [3.63, 3.8) is 0 Å². The van der Waals surface area contributed by atoms with Crippen LogP contribution in [0.15, 0.2) is 24.5 Å². The predicted octanol–water partition coefficient (Wildman–Crippen LogP) is 6.17. The molecule has 0 aliphatic heterocycles. The van der Waals surface area contributed by atoms with Gasteiger partial charge in [0.2, 0.25) is 0 Å². The van der Waals surface area contributed by atoms with Crippen LogP contribution in [0.5, 0.6) is 0 Å². The maximum absolute atomic E-state index is 12.8. The van der Waals surface area contributed by atoms with Crippen LogP contribution in [-0.4, -0.2) is 38.0 Å². The number of esters is 2. The maximum atomic E-state index is 12.8. The van der Waals surface area contributed by atoms with Crippen LogP contribution in [0, 0.1) is 0 Å². The summed E-state index contributed by atoms with van der Waals surface area (Å²) in [7, 11) is 0. The highest BCUT2D eigenvalue weighted by Gasteiger charge is 2.23. The van der Waals surface area contributed by atoms with Gasteiger partial charge in [-0.05, 0) is 48.9 Å². The van der Waals surface area contributed by atoms with E-state index in [2.05, 4.69) is 24.2 Å². The van der Waals surface area contributed by atoms with Crippen molar-refractivity contribution in [1.29, 1.82) is 0 Å². The molecule has 2 aromatic rings. The van der Waals surface area contributed by atoms with Crippen molar-refractivity contribution in [2.24, 2.45) is 0 Å². The summed E-state index contributed by atoms with van der Waals surface area (Å²) < 4.78 is 6.21. The molecule has 198 valence electrons. The molecule has 0 bridgehead atoms. The van der Waals surface area contributed by atoms with E-state index in [1.807, 2.05) is 0 Å². The van der Waals surface area contributed by atoms with Crippen LogP contribution in [0.25, 0.3) is 0 Å². The Morgan fingerprint density at radius 1 is 0.806 bits per heavy atom. The molecule has 0 atom stereocenters. The highest BCUT2D eigenvalue weighted by Crippen LogP contribution is 2.24. The van der Waals surface area contributed by atoms with E-state index in [1.165, 1.54) is 68.4 Å². The highest BCUT2D eigenvalue weighted by atomic mass is 16.6. The van der Waals surface area contributed by atoms with Gasteiger partial charge in [-0.2, -0.15) is 0 Å². The molecular formula is C28H41N3O5. The molecule has 0 spiro atoms. The van der Waals surface area contributed by atoms with Crippen molar-refractivity contribution in [3.05, 3.63) is 46.8 Å². The van der Waals surface area contributed by atoms with E-state index in [1.54, 1.807) is 12.1 Å². The second-order valence-corrected chi connectivity index (χ2v) is 9.37. The SMILES string of the molecule is CCCCCCCCc1cc(C(=O)O)c(C(=O)OC(=O)Cn2ccnn2)cc1CCCCCCCC. The molecule has 8 heteroatoms. The summed E-state index contributed by atoms with van der Waals surface area (Å²) in [6, 6.07) is 3.24. The normalized spacial score (nSPS) is 10.9. The summed E-state index contributed by atoms with van der Waals surface area (Å²) in [6.45, 7) is 4.10. The minimum atomic E-state index is -1.21. The lowest BCUT2D eigenvalue weighted by atomic mass is 9.91. The maximum Gasteiger partial charge on any atom is 0.346 e.